The van der Waals surface area contributed by atoms with Gasteiger partial charge in [-0.05, 0) is 18.4 Å². The first-order valence-corrected chi connectivity index (χ1v) is 6.14. The highest BCUT2D eigenvalue weighted by molar-refractivity contribution is 7.98. The second-order valence-corrected chi connectivity index (χ2v) is 4.04. The lowest BCUT2D eigenvalue weighted by Gasteiger charge is -2.08. The van der Waals surface area contributed by atoms with E-state index in [4.69, 9.17) is 5.26 Å². The van der Waals surface area contributed by atoms with Crippen molar-refractivity contribution in [3.8, 4) is 6.07 Å². The van der Waals surface area contributed by atoms with E-state index in [2.05, 4.69) is 26.0 Å². The van der Waals surface area contributed by atoms with Gasteiger partial charge in [-0.15, -0.1) is 11.8 Å². The van der Waals surface area contributed by atoms with Gasteiger partial charge in [-0.1, -0.05) is 11.2 Å². The highest BCUT2D eigenvalue weighted by Gasteiger charge is 2.07. The lowest BCUT2D eigenvalue weighted by molar-refractivity contribution is 0.411. The number of nitrogens with one attached hydrogen (secondary N) is 1. The third kappa shape index (κ3) is 2.57. The number of hydrogen-bond acceptors (Lipinski definition) is 6. The van der Waals surface area contributed by atoms with Gasteiger partial charge in [-0.25, -0.2) is 0 Å². The van der Waals surface area contributed by atoms with Crippen LogP contribution in [0.1, 0.15) is 11.4 Å². The molecule has 0 spiro atoms. The summed E-state index contributed by atoms with van der Waals surface area (Å²) in [6, 6.07) is 7.88. The minimum atomic E-state index is 0.434. The van der Waals surface area contributed by atoms with Gasteiger partial charge in [0.15, 0.2) is 5.82 Å². The molecular formula is C11H10N4OS. The van der Waals surface area contributed by atoms with Gasteiger partial charge in [-0.3, -0.25) is 0 Å². The van der Waals surface area contributed by atoms with Gasteiger partial charge < -0.3 is 9.84 Å². The van der Waals surface area contributed by atoms with Gasteiger partial charge in [0.1, 0.15) is 6.07 Å². The van der Waals surface area contributed by atoms with E-state index < -0.39 is 0 Å². The largest absolute Gasteiger partial charge is 0.377 e. The fraction of sp³-hybridized carbons (Fsp3) is 0.182. The summed E-state index contributed by atoms with van der Waals surface area (Å²) >= 11 is 1.55. The van der Waals surface area contributed by atoms with Gasteiger partial charge in [0.2, 0.25) is 6.39 Å². The van der Waals surface area contributed by atoms with Crippen molar-refractivity contribution >= 4 is 17.4 Å². The molecule has 2 rings (SSSR count). The molecule has 0 aliphatic carbocycles. The summed E-state index contributed by atoms with van der Waals surface area (Å²) in [5, 5.41) is 15.9. The Balaban J connectivity index is 2.18. The van der Waals surface area contributed by atoms with Gasteiger partial charge in [-0.2, -0.15) is 10.2 Å². The molecule has 1 heterocycles. The van der Waals surface area contributed by atoms with Crippen LogP contribution in [0.15, 0.2) is 34.0 Å². The van der Waals surface area contributed by atoms with Crippen LogP contribution in [0.25, 0.3) is 0 Å². The van der Waals surface area contributed by atoms with Crippen LogP contribution in [-0.4, -0.2) is 16.4 Å². The SMILES string of the molecule is CSc1cccc(NCc2ncon2)c1C#N. The number of thioether (sulfide) groups is 1. The zero-order valence-electron chi connectivity index (χ0n) is 9.17. The maximum Gasteiger partial charge on any atom is 0.213 e. The monoisotopic (exact) mass is 246 g/mol. The Morgan fingerprint density at radius 2 is 2.41 bits per heavy atom. The van der Waals surface area contributed by atoms with Crippen molar-refractivity contribution < 1.29 is 4.52 Å². The van der Waals surface area contributed by atoms with Crippen molar-refractivity contribution in [3.05, 3.63) is 36.0 Å². The van der Waals surface area contributed by atoms with Crippen molar-refractivity contribution in [2.45, 2.75) is 11.4 Å². The van der Waals surface area contributed by atoms with Crippen molar-refractivity contribution in [2.24, 2.45) is 0 Å². The number of aromatic nitrogens is 2. The zero-order chi connectivity index (χ0) is 12.1. The Morgan fingerprint density at radius 1 is 1.53 bits per heavy atom. The van der Waals surface area contributed by atoms with E-state index in [0.717, 1.165) is 10.6 Å². The van der Waals surface area contributed by atoms with E-state index in [1.54, 1.807) is 11.8 Å². The Morgan fingerprint density at radius 3 is 3.06 bits per heavy atom. The normalized spacial score (nSPS) is 9.88. The Kier molecular flexibility index (Phi) is 3.62. The summed E-state index contributed by atoms with van der Waals surface area (Å²) in [4.78, 5) is 4.85. The third-order valence-electron chi connectivity index (χ3n) is 2.20. The van der Waals surface area contributed by atoms with Crippen LogP contribution in [0.4, 0.5) is 5.69 Å². The van der Waals surface area contributed by atoms with E-state index >= 15 is 0 Å². The molecule has 0 amide bonds. The number of nitriles is 1. The van der Waals surface area contributed by atoms with Crippen LogP contribution in [0, 0.1) is 11.3 Å². The highest BCUT2D eigenvalue weighted by atomic mass is 32.2. The molecule has 1 aromatic carbocycles. The van der Waals surface area contributed by atoms with Crippen LogP contribution >= 0.6 is 11.8 Å². The molecule has 0 unspecified atom stereocenters. The first-order chi connectivity index (χ1) is 8.35. The molecule has 0 bridgehead atoms. The number of benzene rings is 1. The highest BCUT2D eigenvalue weighted by Crippen LogP contribution is 2.26. The summed E-state index contributed by atoms with van der Waals surface area (Å²) in [6.45, 7) is 0.434. The molecule has 1 aromatic heterocycles. The fourth-order valence-electron chi connectivity index (χ4n) is 1.41. The number of anilines is 1. The molecule has 0 radical (unpaired) electrons. The predicted octanol–water partition coefficient (Wildman–Crippen LogP) is 2.28. The molecule has 2 aromatic rings. The maximum absolute atomic E-state index is 9.13. The summed E-state index contributed by atoms with van der Waals surface area (Å²) < 4.78 is 4.63. The maximum atomic E-state index is 9.13. The summed E-state index contributed by atoms with van der Waals surface area (Å²) in [5.74, 6) is 0.559. The quantitative estimate of drug-likeness (QED) is 0.834. The Hall–Kier alpha value is -2.00. The number of nitrogens with zero attached hydrogens (tertiary/aromatic N) is 3. The molecule has 0 atom stereocenters. The minimum Gasteiger partial charge on any atom is -0.377 e. The average Bonchev–Trinajstić information content (AvgIpc) is 2.88. The molecule has 0 fully saturated rings. The van der Waals surface area contributed by atoms with Crippen LogP contribution in [-0.2, 0) is 6.54 Å². The first-order valence-electron chi connectivity index (χ1n) is 4.91. The standard InChI is InChI=1S/C11H10N4OS/c1-17-10-4-2-3-9(8(10)5-12)13-6-11-14-7-16-15-11/h2-4,7,13H,6H2,1H3. The zero-order valence-corrected chi connectivity index (χ0v) is 9.99. The van der Waals surface area contributed by atoms with Crippen LogP contribution in [0.3, 0.4) is 0 Å². The molecule has 17 heavy (non-hydrogen) atoms. The lowest BCUT2D eigenvalue weighted by Crippen LogP contribution is -2.03. The van der Waals surface area contributed by atoms with Crippen molar-refractivity contribution in [1.82, 2.24) is 10.1 Å². The van der Waals surface area contributed by atoms with Crippen LogP contribution < -0.4 is 5.32 Å². The minimum absolute atomic E-state index is 0.434. The number of hydrogen-bond donors (Lipinski definition) is 1. The average molecular weight is 246 g/mol. The predicted molar refractivity (Wildman–Crippen MR) is 64.6 cm³/mol. The van der Waals surface area contributed by atoms with Crippen molar-refractivity contribution in [3.63, 3.8) is 0 Å². The molecule has 86 valence electrons. The van der Waals surface area contributed by atoms with Gasteiger partial charge in [0.25, 0.3) is 0 Å². The first kappa shape index (κ1) is 11.5. The van der Waals surface area contributed by atoms with E-state index in [-0.39, 0.29) is 0 Å². The van der Waals surface area contributed by atoms with Crippen molar-refractivity contribution in [2.75, 3.05) is 11.6 Å². The van der Waals surface area contributed by atoms with Crippen LogP contribution in [0.2, 0.25) is 0 Å². The van der Waals surface area contributed by atoms with Gasteiger partial charge in [0, 0.05) is 4.90 Å². The molecule has 6 heteroatoms. The van der Waals surface area contributed by atoms with Gasteiger partial charge in [0.05, 0.1) is 17.8 Å². The second-order valence-electron chi connectivity index (χ2n) is 3.20. The van der Waals surface area contributed by atoms with Crippen LogP contribution in [0.5, 0.6) is 0 Å². The molecule has 0 saturated heterocycles. The fourth-order valence-corrected chi connectivity index (χ4v) is 1.98. The molecule has 0 saturated carbocycles. The van der Waals surface area contributed by atoms with E-state index in [0.29, 0.717) is 17.9 Å². The van der Waals surface area contributed by atoms with E-state index in [1.165, 1.54) is 6.39 Å². The molecule has 5 nitrogen and oxygen atoms in total. The lowest BCUT2D eigenvalue weighted by atomic mass is 10.2. The van der Waals surface area contributed by atoms with Crippen molar-refractivity contribution in [1.29, 1.82) is 5.26 Å². The second kappa shape index (κ2) is 5.37. The topological polar surface area (TPSA) is 74.7 Å². The molecule has 0 aliphatic heterocycles. The third-order valence-corrected chi connectivity index (χ3v) is 2.98. The molecular weight excluding hydrogens is 236 g/mol. The Labute approximate surface area is 103 Å². The molecule has 0 aliphatic rings. The molecule has 1 N–H and O–H groups in total. The van der Waals surface area contributed by atoms with E-state index in [9.17, 15) is 0 Å². The summed E-state index contributed by atoms with van der Waals surface area (Å²) in [5.41, 5.74) is 1.42. The van der Waals surface area contributed by atoms with Gasteiger partial charge >= 0.3 is 0 Å². The Bertz CT molecular complexity index is 533. The number of rotatable bonds is 4. The summed E-state index contributed by atoms with van der Waals surface area (Å²) in [7, 11) is 0. The smallest absolute Gasteiger partial charge is 0.213 e. The summed E-state index contributed by atoms with van der Waals surface area (Å²) in [6.07, 6.45) is 3.22. The van der Waals surface area contributed by atoms with E-state index in [1.807, 2.05) is 24.5 Å².